The third kappa shape index (κ3) is 1.89. The minimum Gasteiger partial charge on any atom is -0.299 e. The molecule has 6 aliphatic carbocycles. The summed E-state index contributed by atoms with van der Waals surface area (Å²) in [7, 11) is 0. The number of carbonyl (C=O) groups excluding carboxylic acids is 2. The Hall–Kier alpha value is -3.78. The molecule has 4 aromatic carbocycles. The van der Waals surface area contributed by atoms with Crippen LogP contribution in [0.25, 0.3) is 0 Å². The minimum atomic E-state index is -1.15. The van der Waals surface area contributed by atoms with Crippen molar-refractivity contribution in [1.29, 1.82) is 0 Å². The highest BCUT2D eigenvalue weighted by molar-refractivity contribution is 6.09. The Kier molecular flexibility index (Phi) is 3.71. The molecule has 0 atom stereocenters. The summed E-state index contributed by atoms with van der Waals surface area (Å²) in [5.74, 6) is 0.136. The summed E-state index contributed by atoms with van der Waals surface area (Å²) in [6.45, 7) is 3.36. The minimum absolute atomic E-state index is 0.00556. The zero-order valence-electron chi connectivity index (χ0n) is 19.2. The summed E-state index contributed by atoms with van der Waals surface area (Å²) in [4.78, 5) is 28.7. The van der Waals surface area contributed by atoms with Crippen molar-refractivity contribution in [3.05, 3.63) is 142 Å². The van der Waals surface area contributed by atoms with Crippen molar-refractivity contribution in [3.8, 4) is 0 Å². The number of hydrogen-bond donors (Lipinski definition) is 0. The van der Waals surface area contributed by atoms with E-state index in [9.17, 15) is 9.59 Å². The highest BCUT2D eigenvalue weighted by Gasteiger charge is 2.69. The topological polar surface area (TPSA) is 34.1 Å². The summed E-state index contributed by atoms with van der Waals surface area (Å²) >= 11 is 0. The fourth-order valence-electron chi connectivity index (χ4n) is 7.88. The Bertz CT molecular complexity index is 1330. The number of Topliss-reactive ketones (excluding diaryl/α,β-unsaturated/α-hetero) is 2. The average molecular weight is 441 g/mol. The molecule has 6 aliphatic rings. The van der Waals surface area contributed by atoms with E-state index in [4.69, 9.17) is 0 Å². The van der Waals surface area contributed by atoms with Crippen LogP contribution in [0, 0.1) is 0 Å². The first kappa shape index (κ1) is 19.7. The van der Waals surface area contributed by atoms with Crippen LogP contribution >= 0.6 is 0 Å². The van der Waals surface area contributed by atoms with Gasteiger partial charge in [-0.3, -0.25) is 9.59 Å². The smallest absolute Gasteiger partial charge is 0.146 e. The molecule has 0 heterocycles. The molecular formula is C32H24O2. The Morgan fingerprint density at radius 2 is 0.706 bits per heavy atom. The zero-order chi connectivity index (χ0) is 23.2. The summed E-state index contributed by atoms with van der Waals surface area (Å²) < 4.78 is 0. The normalized spacial score (nSPS) is 27.0. The van der Waals surface area contributed by atoms with Crippen molar-refractivity contribution in [1.82, 2.24) is 0 Å². The van der Waals surface area contributed by atoms with Gasteiger partial charge in [0.1, 0.15) is 11.6 Å². The fourth-order valence-corrected chi connectivity index (χ4v) is 7.88. The molecule has 0 radical (unpaired) electrons. The van der Waals surface area contributed by atoms with Crippen molar-refractivity contribution in [2.24, 2.45) is 0 Å². The average Bonchev–Trinajstić information content (AvgIpc) is 2.84. The summed E-state index contributed by atoms with van der Waals surface area (Å²) in [5.41, 5.74) is 6.27. The summed E-state index contributed by atoms with van der Waals surface area (Å²) in [5, 5.41) is 0. The van der Waals surface area contributed by atoms with Gasteiger partial charge >= 0.3 is 0 Å². The molecule has 2 nitrogen and oxygen atoms in total. The van der Waals surface area contributed by atoms with E-state index in [2.05, 4.69) is 72.8 Å². The number of hydrogen-bond acceptors (Lipinski definition) is 2. The lowest BCUT2D eigenvalue weighted by Gasteiger charge is -2.60. The predicted octanol–water partition coefficient (Wildman–Crippen LogP) is 6.04. The first-order valence-corrected chi connectivity index (χ1v) is 12.0. The maximum absolute atomic E-state index is 14.3. The molecule has 34 heavy (non-hydrogen) atoms. The third-order valence-electron chi connectivity index (χ3n) is 8.75. The molecule has 0 N–H and O–H groups in total. The molecule has 4 bridgehead atoms. The number of benzene rings is 4. The lowest BCUT2D eigenvalue weighted by Crippen LogP contribution is -2.64. The van der Waals surface area contributed by atoms with Gasteiger partial charge in [-0.05, 0) is 58.4 Å². The Morgan fingerprint density at radius 1 is 0.471 bits per heavy atom. The van der Waals surface area contributed by atoms with E-state index in [0.717, 1.165) is 44.5 Å². The van der Waals surface area contributed by atoms with Crippen molar-refractivity contribution in [3.63, 3.8) is 0 Å². The van der Waals surface area contributed by atoms with E-state index >= 15 is 0 Å². The van der Waals surface area contributed by atoms with Crippen molar-refractivity contribution in [2.75, 3.05) is 0 Å². The van der Waals surface area contributed by atoms with E-state index in [1.807, 2.05) is 24.3 Å². The van der Waals surface area contributed by atoms with Gasteiger partial charge in [0.25, 0.3) is 0 Å². The van der Waals surface area contributed by atoms with Gasteiger partial charge < -0.3 is 0 Å². The SMILES string of the molecule is CC(=O)C12c3ccccc3C(c3ccccc31)C1c3ccccc3C2(C(C)=O)c2ccccc21. The molecular weight excluding hydrogens is 416 g/mol. The van der Waals surface area contributed by atoms with E-state index in [1.165, 1.54) is 0 Å². The number of rotatable bonds is 2. The molecule has 0 saturated heterocycles. The number of ketones is 2. The molecule has 0 aromatic heterocycles. The van der Waals surface area contributed by atoms with Gasteiger partial charge in [0.05, 0.1) is 10.8 Å². The molecule has 0 unspecified atom stereocenters. The Balaban J connectivity index is 1.86. The van der Waals surface area contributed by atoms with Gasteiger partial charge in [0.15, 0.2) is 0 Å². The molecule has 0 saturated carbocycles. The third-order valence-corrected chi connectivity index (χ3v) is 8.75. The van der Waals surface area contributed by atoms with E-state index < -0.39 is 10.8 Å². The van der Waals surface area contributed by atoms with Crippen LogP contribution in [0.4, 0.5) is 0 Å². The summed E-state index contributed by atoms with van der Waals surface area (Å²) in [6, 6.07) is 33.4. The first-order chi connectivity index (χ1) is 16.6. The maximum Gasteiger partial charge on any atom is 0.146 e. The van der Waals surface area contributed by atoms with Crippen LogP contribution in [0.15, 0.2) is 97.1 Å². The van der Waals surface area contributed by atoms with E-state index in [1.54, 1.807) is 13.8 Å². The highest BCUT2D eigenvalue weighted by Crippen LogP contribution is 2.68. The maximum atomic E-state index is 14.3. The van der Waals surface area contributed by atoms with Crippen LogP contribution in [-0.4, -0.2) is 11.6 Å². The van der Waals surface area contributed by atoms with Gasteiger partial charge in [0, 0.05) is 11.8 Å². The predicted molar refractivity (Wildman–Crippen MR) is 132 cm³/mol. The molecule has 4 aromatic rings. The van der Waals surface area contributed by atoms with Crippen LogP contribution < -0.4 is 0 Å². The molecule has 0 amide bonds. The van der Waals surface area contributed by atoms with Gasteiger partial charge in [0.2, 0.25) is 0 Å². The molecule has 0 fully saturated rings. The lowest BCUT2D eigenvalue weighted by molar-refractivity contribution is -0.131. The summed E-state index contributed by atoms with van der Waals surface area (Å²) in [6.07, 6.45) is 0. The lowest BCUT2D eigenvalue weighted by atomic mass is 9.39. The van der Waals surface area contributed by atoms with Crippen LogP contribution in [0.2, 0.25) is 0 Å². The Labute approximate surface area is 199 Å². The van der Waals surface area contributed by atoms with Gasteiger partial charge in [-0.2, -0.15) is 0 Å². The molecule has 10 rings (SSSR count). The zero-order valence-corrected chi connectivity index (χ0v) is 19.2. The quantitative estimate of drug-likeness (QED) is 0.381. The van der Waals surface area contributed by atoms with Crippen LogP contribution in [-0.2, 0) is 20.4 Å². The van der Waals surface area contributed by atoms with E-state index in [-0.39, 0.29) is 23.4 Å². The van der Waals surface area contributed by atoms with Crippen LogP contribution in [0.1, 0.15) is 70.2 Å². The number of carbonyl (C=O) groups is 2. The van der Waals surface area contributed by atoms with Crippen molar-refractivity contribution < 1.29 is 9.59 Å². The monoisotopic (exact) mass is 440 g/mol. The van der Waals surface area contributed by atoms with E-state index in [0.29, 0.717) is 0 Å². The van der Waals surface area contributed by atoms with Crippen molar-refractivity contribution >= 4 is 11.6 Å². The van der Waals surface area contributed by atoms with Gasteiger partial charge in [-0.15, -0.1) is 0 Å². The Morgan fingerprint density at radius 3 is 0.941 bits per heavy atom. The van der Waals surface area contributed by atoms with Crippen LogP contribution in [0.3, 0.4) is 0 Å². The van der Waals surface area contributed by atoms with Gasteiger partial charge in [-0.1, -0.05) is 97.1 Å². The second-order valence-corrected chi connectivity index (χ2v) is 9.92. The second kappa shape index (κ2) is 6.42. The van der Waals surface area contributed by atoms with Gasteiger partial charge in [-0.25, -0.2) is 0 Å². The largest absolute Gasteiger partial charge is 0.299 e. The highest BCUT2D eigenvalue weighted by atomic mass is 16.1. The first-order valence-electron chi connectivity index (χ1n) is 12.0. The van der Waals surface area contributed by atoms with Crippen molar-refractivity contribution in [2.45, 2.75) is 36.5 Å². The van der Waals surface area contributed by atoms with Crippen LogP contribution in [0.5, 0.6) is 0 Å². The molecule has 0 aliphatic heterocycles. The molecule has 0 spiro atoms. The molecule has 2 heteroatoms. The fraction of sp³-hybridized carbons (Fsp3) is 0.188. The standard InChI is InChI=1S/C32H24O2/c1-19(33)31-25-15-7-3-11-21(25)29(22-12-4-8-16-26(22)31)30-23-13-5-9-17-27(23)32(31,20(2)34)28-18-10-6-14-24(28)30/h3-18,29-30H,1-2H3. The second-order valence-electron chi connectivity index (χ2n) is 9.92. The molecule has 164 valence electrons.